The van der Waals surface area contributed by atoms with E-state index in [1.54, 1.807) is 6.07 Å². The Hall–Kier alpha value is -3.79. The van der Waals surface area contributed by atoms with Gasteiger partial charge in [0.1, 0.15) is 16.3 Å². The van der Waals surface area contributed by atoms with Crippen molar-refractivity contribution < 1.29 is 46.2 Å². The molecule has 0 amide bonds. The van der Waals surface area contributed by atoms with Gasteiger partial charge >= 0.3 is 6.18 Å². The SMILES string of the molecule is O=S1(=O)NC[C@H](O)CN(Cc2cc(-c3ccccc3)no2)CC2(COc3cc(-c4cccc(C(F)(F)F)c4)ccc31)C[C@@H](O)[C@@H](O)C2. The van der Waals surface area contributed by atoms with Crippen molar-refractivity contribution >= 4 is 10.0 Å². The largest absolute Gasteiger partial charge is 0.492 e. The molecule has 250 valence electrons. The van der Waals surface area contributed by atoms with Crippen molar-refractivity contribution in [3.63, 3.8) is 0 Å². The Morgan fingerprint density at radius 1 is 0.915 bits per heavy atom. The first-order valence-electron chi connectivity index (χ1n) is 15.0. The first kappa shape index (κ1) is 33.1. The summed E-state index contributed by atoms with van der Waals surface area (Å²) in [7, 11) is -4.25. The lowest BCUT2D eigenvalue weighted by molar-refractivity contribution is -0.137. The maximum atomic E-state index is 13.4. The average molecular weight is 674 g/mol. The molecule has 0 radical (unpaired) electrons. The Morgan fingerprint density at radius 2 is 1.62 bits per heavy atom. The molecule has 3 aromatic carbocycles. The quantitative estimate of drug-likeness (QED) is 0.252. The highest BCUT2D eigenvalue weighted by atomic mass is 32.2. The smallest absolute Gasteiger partial charge is 0.416 e. The Bertz CT molecular complexity index is 1810. The summed E-state index contributed by atoms with van der Waals surface area (Å²) in [5.41, 5.74) is 0.191. The summed E-state index contributed by atoms with van der Waals surface area (Å²) in [6.07, 6.45) is -7.67. The number of aliphatic hydroxyl groups excluding tert-OH is 3. The number of alkyl halides is 3. The number of nitrogens with one attached hydrogen (secondary N) is 1. The van der Waals surface area contributed by atoms with Gasteiger partial charge in [-0.2, -0.15) is 13.2 Å². The third-order valence-electron chi connectivity index (χ3n) is 8.56. The molecule has 1 saturated carbocycles. The van der Waals surface area contributed by atoms with E-state index in [0.717, 1.165) is 17.7 Å². The minimum Gasteiger partial charge on any atom is -0.492 e. The van der Waals surface area contributed by atoms with Crippen LogP contribution in [0.4, 0.5) is 13.2 Å². The van der Waals surface area contributed by atoms with Gasteiger partial charge in [-0.1, -0.05) is 53.7 Å². The molecule has 10 nitrogen and oxygen atoms in total. The van der Waals surface area contributed by atoms with Crippen molar-refractivity contribution in [3.8, 4) is 28.1 Å². The Balaban J connectivity index is 1.34. The predicted octanol–water partition coefficient (Wildman–Crippen LogP) is 4.06. The topological polar surface area (TPSA) is 145 Å². The van der Waals surface area contributed by atoms with Crippen molar-refractivity contribution in [1.82, 2.24) is 14.8 Å². The summed E-state index contributed by atoms with van der Waals surface area (Å²) in [5, 5.41) is 36.4. The molecule has 1 aliphatic carbocycles. The number of benzene rings is 3. The monoisotopic (exact) mass is 673 g/mol. The molecule has 47 heavy (non-hydrogen) atoms. The number of fused-ring (bicyclic) bond motifs is 1. The van der Waals surface area contributed by atoms with Crippen LogP contribution in [-0.4, -0.2) is 78.3 Å². The number of halogens is 3. The second-order valence-corrected chi connectivity index (χ2v) is 14.0. The molecule has 4 N–H and O–H groups in total. The van der Waals surface area contributed by atoms with Gasteiger partial charge in [-0.3, -0.25) is 4.90 Å². The fourth-order valence-corrected chi connectivity index (χ4v) is 7.52. The number of hydrogen-bond donors (Lipinski definition) is 4. The lowest BCUT2D eigenvalue weighted by Gasteiger charge is -2.36. The zero-order valence-corrected chi connectivity index (χ0v) is 25.9. The van der Waals surface area contributed by atoms with Crippen LogP contribution in [0.3, 0.4) is 0 Å². The van der Waals surface area contributed by atoms with E-state index in [1.807, 2.05) is 35.2 Å². The van der Waals surface area contributed by atoms with Gasteiger partial charge in [-0.15, -0.1) is 0 Å². The van der Waals surface area contributed by atoms with Gasteiger partial charge < -0.3 is 24.6 Å². The summed E-state index contributed by atoms with van der Waals surface area (Å²) in [6.45, 7) is -0.0898. The molecular weight excluding hydrogens is 639 g/mol. The molecule has 0 bridgehead atoms. The highest BCUT2D eigenvalue weighted by Crippen LogP contribution is 2.42. The van der Waals surface area contributed by atoms with Crippen LogP contribution in [0.15, 0.2) is 88.3 Å². The second kappa shape index (κ2) is 13.0. The standard InChI is InChI=1S/C33H34F3N3O7S/c34-33(35,36)24-8-4-7-22(11-24)23-9-10-31-30(12-23)45-20-32(14-28(41)29(42)15-32)19-39(17-25(40)16-37-47(31,43)44)18-26-13-27(38-46-26)21-5-2-1-3-6-21/h1-13,25,28-29,37,40-42H,14-20H2/t25-,28-,29+,32?/m0/s1. The lowest BCUT2D eigenvalue weighted by Crippen LogP contribution is -2.46. The molecule has 2 aliphatic rings. The number of nitrogens with zero attached hydrogens (tertiary/aromatic N) is 2. The van der Waals surface area contributed by atoms with Crippen LogP contribution in [0.25, 0.3) is 22.4 Å². The number of hydrogen-bond acceptors (Lipinski definition) is 9. The second-order valence-electron chi connectivity index (χ2n) is 12.3. The molecule has 4 atom stereocenters. The minimum atomic E-state index is -4.58. The number of aromatic nitrogens is 1. The van der Waals surface area contributed by atoms with Crippen molar-refractivity contribution in [1.29, 1.82) is 0 Å². The number of β-amino-alcohol motifs (C(OH)–C–C–N with tert-alkyl or cyclic N) is 1. The van der Waals surface area contributed by atoms with Crippen LogP contribution < -0.4 is 9.46 Å². The maximum Gasteiger partial charge on any atom is 0.416 e. The first-order chi connectivity index (χ1) is 22.3. The van der Waals surface area contributed by atoms with Crippen LogP contribution in [0.1, 0.15) is 24.2 Å². The van der Waals surface area contributed by atoms with Gasteiger partial charge in [0.15, 0.2) is 5.76 Å². The normalized spacial score (nSPS) is 25.4. The van der Waals surface area contributed by atoms with E-state index in [-0.39, 0.29) is 61.8 Å². The Kier molecular flexibility index (Phi) is 9.17. The maximum absolute atomic E-state index is 13.4. The van der Waals surface area contributed by atoms with Crippen molar-refractivity contribution in [2.75, 3.05) is 26.2 Å². The Labute approximate surface area is 269 Å². The summed E-state index contributed by atoms with van der Waals surface area (Å²) in [6, 6.07) is 19.8. The third-order valence-corrected chi connectivity index (χ3v) is 10.0. The van der Waals surface area contributed by atoms with Gasteiger partial charge in [0, 0.05) is 36.7 Å². The van der Waals surface area contributed by atoms with Crippen LogP contribution in [0.5, 0.6) is 5.75 Å². The van der Waals surface area contributed by atoms with E-state index in [1.165, 1.54) is 30.3 Å². The first-order valence-corrected chi connectivity index (χ1v) is 16.5. The van der Waals surface area contributed by atoms with Gasteiger partial charge in [-0.25, -0.2) is 13.1 Å². The highest BCUT2D eigenvalue weighted by Gasteiger charge is 2.46. The van der Waals surface area contributed by atoms with E-state index in [2.05, 4.69) is 9.88 Å². The van der Waals surface area contributed by atoms with Gasteiger partial charge in [0.25, 0.3) is 0 Å². The van der Waals surface area contributed by atoms with E-state index < -0.39 is 45.5 Å². The minimum absolute atomic E-state index is 0.0131. The summed E-state index contributed by atoms with van der Waals surface area (Å²) in [4.78, 5) is 1.58. The zero-order chi connectivity index (χ0) is 33.4. The van der Waals surface area contributed by atoms with Gasteiger partial charge in [0.05, 0.1) is 37.0 Å². The molecule has 1 aliphatic heterocycles. The molecule has 4 aromatic rings. The molecule has 1 spiro atoms. The third kappa shape index (κ3) is 7.53. The van der Waals surface area contributed by atoms with Gasteiger partial charge in [0.2, 0.25) is 10.0 Å². The van der Waals surface area contributed by atoms with Crippen molar-refractivity contribution in [2.45, 2.75) is 48.8 Å². The predicted molar refractivity (Wildman–Crippen MR) is 164 cm³/mol. The number of aliphatic hydroxyl groups is 3. The average Bonchev–Trinajstić information content (AvgIpc) is 3.61. The molecule has 14 heteroatoms. The zero-order valence-electron chi connectivity index (χ0n) is 25.1. The fourth-order valence-electron chi connectivity index (χ4n) is 6.32. The van der Waals surface area contributed by atoms with Gasteiger partial charge in [-0.05, 0) is 48.2 Å². The molecular formula is C33H34F3N3O7S. The van der Waals surface area contributed by atoms with E-state index in [0.29, 0.717) is 17.0 Å². The highest BCUT2D eigenvalue weighted by molar-refractivity contribution is 7.89. The van der Waals surface area contributed by atoms with E-state index in [4.69, 9.17) is 9.26 Å². The van der Waals surface area contributed by atoms with Crippen LogP contribution in [0.2, 0.25) is 0 Å². The number of ether oxygens (including phenoxy) is 1. The van der Waals surface area contributed by atoms with Crippen LogP contribution >= 0.6 is 0 Å². The lowest BCUT2D eigenvalue weighted by atomic mass is 9.85. The summed E-state index contributed by atoms with van der Waals surface area (Å²) in [5.74, 6) is 0.363. The molecule has 1 aromatic heterocycles. The summed E-state index contributed by atoms with van der Waals surface area (Å²) < 4.78 is 81.4. The summed E-state index contributed by atoms with van der Waals surface area (Å²) >= 11 is 0. The number of sulfonamides is 1. The Morgan fingerprint density at radius 3 is 2.34 bits per heavy atom. The molecule has 2 heterocycles. The van der Waals surface area contributed by atoms with E-state index >= 15 is 0 Å². The molecule has 1 unspecified atom stereocenters. The number of rotatable bonds is 4. The van der Waals surface area contributed by atoms with E-state index in [9.17, 15) is 36.9 Å². The fraction of sp³-hybridized carbons (Fsp3) is 0.364. The molecule has 6 rings (SSSR count). The molecule has 1 fully saturated rings. The van der Waals surface area contributed by atoms with Crippen LogP contribution in [-0.2, 0) is 22.7 Å². The van der Waals surface area contributed by atoms with Crippen molar-refractivity contribution in [3.05, 3.63) is 90.2 Å². The molecule has 0 saturated heterocycles. The van der Waals surface area contributed by atoms with Crippen molar-refractivity contribution in [2.24, 2.45) is 5.41 Å². The van der Waals surface area contributed by atoms with Crippen LogP contribution in [0, 0.1) is 5.41 Å².